The number of hydrogen-bond donors (Lipinski definition) is 1. The van der Waals surface area contributed by atoms with Crippen molar-refractivity contribution in [2.24, 2.45) is 0 Å². The zero-order valence-electron chi connectivity index (χ0n) is 10.5. The minimum atomic E-state index is -1.04. The van der Waals surface area contributed by atoms with Gasteiger partial charge in [-0.1, -0.05) is 29.8 Å². The second-order valence-electron chi connectivity index (χ2n) is 4.43. The Labute approximate surface area is 123 Å². The maximum absolute atomic E-state index is 11.4. The maximum atomic E-state index is 11.4. The summed E-state index contributed by atoms with van der Waals surface area (Å²) in [6, 6.07) is 9.30. The summed E-state index contributed by atoms with van der Waals surface area (Å²) in [5.74, 6) is -1.04. The number of halogens is 1. The number of aromatic carboxylic acids is 1. The molecule has 2 heterocycles. The Morgan fingerprint density at radius 1 is 1.30 bits per heavy atom. The van der Waals surface area contributed by atoms with Crippen LogP contribution >= 0.6 is 15.9 Å². The molecule has 0 saturated heterocycles. The van der Waals surface area contributed by atoms with Crippen LogP contribution in [0.5, 0.6) is 0 Å². The van der Waals surface area contributed by atoms with Crippen LogP contribution in [0.15, 0.2) is 41.0 Å². The topological polar surface area (TPSA) is 67.5 Å². The highest BCUT2D eigenvalue weighted by molar-refractivity contribution is 9.10. The van der Waals surface area contributed by atoms with Gasteiger partial charge in [-0.3, -0.25) is 0 Å². The predicted molar refractivity (Wildman–Crippen MR) is 77.8 cm³/mol. The molecule has 2 aromatic heterocycles. The highest BCUT2D eigenvalue weighted by atomic mass is 79.9. The minimum absolute atomic E-state index is 0.0799. The third-order valence-corrected chi connectivity index (χ3v) is 3.55. The summed E-state index contributed by atoms with van der Waals surface area (Å²) in [7, 11) is 0. The Bertz CT molecular complexity index is 809. The third-order valence-electron chi connectivity index (χ3n) is 3.00. The Kier molecular flexibility index (Phi) is 3.02. The number of carboxylic acids is 1. The minimum Gasteiger partial charge on any atom is -0.477 e. The number of benzene rings is 1. The van der Waals surface area contributed by atoms with E-state index < -0.39 is 5.97 Å². The van der Waals surface area contributed by atoms with E-state index in [-0.39, 0.29) is 5.69 Å². The van der Waals surface area contributed by atoms with E-state index in [1.54, 1.807) is 0 Å². The van der Waals surface area contributed by atoms with E-state index >= 15 is 0 Å². The van der Waals surface area contributed by atoms with Gasteiger partial charge < -0.3 is 5.11 Å². The van der Waals surface area contributed by atoms with E-state index in [9.17, 15) is 9.90 Å². The molecule has 3 aromatic rings. The first-order chi connectivity index (χ1) is 9.56. The SMILES string of the molecule is Cc1ccc(-c2cc(C(=O)O)n3ncc(Br)c3n2)cc1. The van der Waals surface area contributed by atoms with Crippen LogP contribution in [-0.4, -0.2) is 25.7 Å². The highest BCUT2D eigenvalue weighted by Crippen LogP contribution is 2.23. The van der Waals surface area contributed by atoms with Crippen LogP contribution in [0.25, 0.3) is 16.9 Å². The van der Waals surface area contributed by atoms with E-state index in [0.717, 1.165) is 11.1 Å². The quantitative estimate of drug-likeness (QED) is 0.783. The van der Waals surface area contributed by atoms with Crippen LogP contribution in [0.1, 0.15) is 16.1 Å². The third kappa shape index (κ3) is 2.08. The van der Waals surface area contributed by atoms with E-state index in [4.69, 9.17) is 0 Å². The van der Waals surface area contributed by atoms with Gasteiger partial charge in [0.1, 0.15) is 0 Å². The molecule has 20 heavy (non-hydrogen) atoms. The number of fused-ring (bicyclic) bond motifs is 1. The summed E-state index contributed by atoms with van der Waals surface area (Å²) < 4.78 is 1.97. The van der Waals surface area contributed by atoms with Gasteiger partial charge in [0.05, 0.1) is 16.4 Å². The van der Waals surface area contributed by atoms with Gasteiger partial charge in [0.2, 0.25) is 0 Å². The van der Waals surface area contributed by atoms with E-state index in [0.29, 0.717) is 15.8 Å². The van der Waals surface area contributed by atoms with E-state index in [1.807, 2.05) is 31.2 Å². The molecule has 5 nitrogen and oxygen atoms in total. The van der Waals surface area contributed by atoms with Crippen LogP contribution in [0.3, 0.4) is 0 Å². The number of aryl methyl sites for hydroxylation is 1. The van der Waals surface area contributed by atoms with Crippen molar-refractivity contribution >= 4 is 27.5 Å². The van der Waals surface area contributed by atoms with Gasteiger partial charge >= 0.3 is 5.97 Å². The predicted octanol–water partition coefficient (Wildman–Crippen LogP) is 3.17. The fourth-order valence-electron chi connectivity index (χ4n) is 1.96. The van der Waals surface area contributed by atoms with E-state index in [1.165, 1.54) is 16.8 Å². The highest BCUT2D eigenvalue weighted by Gasteiger charge is 2.15. The lowest BCUT2D eigenvalue weighted by Crippen LogP contribution is -2.08. The van der Waals surface area contributed by atoms with Crippen LogP contribution in [0, 0.1) is 6.92 Å². The molecule has 100 valence electrons. The summed E-state index contributed by atoms with van der Waals surface area (Å²) in [4.78, 5) is 15.8. The number of hydrogen-bond acceptors (Lipinski definition) is 3. The molecular weight excluding hydrogens is 322 g/mol. The van der Waals surface area contributed by atoms with E-state index in [2.05, 4.69) is 26.0 Å². The van der Waals surface area contributed by atoms with Gasteiger partial charge in [-0.2, -0.15) is 5.10 Å². The van der Waals surface area contributed by atoms with Crippen molar-refractivity contribution in [3.8, 4) is 11.3 Å². The Balaban J connectivity index is 2.28. The zero-order chi connectivity index (χ0) is 14.3. The van der Waals surface area contributed by atoms with Crippen molar-refractivity contribution in [3.05, 3.63) is 52.3 Å². The maximum Gasteiger partial charge on any atom is 0.354 e. The number of rotatable bonds is 2. The van der Waals surface area contributed by atoms with Crippen LogP contribution < -0.4 is 0 Å². The first kappa shape index (κ1) is 12.8. The average molecular weight is 332 g/mol. The molecule has 0 amide bonds. The first-order valence-corrected chi connectivity index (χ1v) is 6.70. The number of aromatic nitrogens is 3. The van der Waals surface area contributed by atoms with Crippen molar-refractivity contribution in [2.45, 2.75) is 6.92 Å². The van der Waals surface area contributed by atoms with Crippen molar-refractivity contribution < 1.29 is 9.90 Å². The van der Waals surface area contributed by atoms with Crippen LogP contribution in [0.2, 0.25) is 0 Å². The van der Waals surface area contributed by atoms with Gasteiger partial charge in [-0.25, -0.2) is 14.3 Å². The Morgan fingerprint density at radius 3 is 2.65 bits per heavy atom. The normalized spacial score (nSPS) is 10.9. The fourth-order valence-corrected chi connectivity index (χ4v) is 2.31. The lowest BCUT2D eigenvalue weighted by atomic mass is 10.1. The standard InChI is InChI=1S/C14H10BrN3O2/c1-8-2-4-9(5-3-8)11-6-12(14(19)20)18-13(17-11)10(15)7-16-18/h2-7H,1H3,(H,19,20). The molecular formula is C14H10BrN3O2. The summed E-state index contributed by atoms with van der Waals surface area (Å²) in [6.07, 6.45) is 1.54. The summed E-state index contributed by atoms with van der Waals surface area (Å²) in [6.45, 7) is 2.00. The largest absolute Gasteiger partial charge is 0.477 e. The second-order valence-corrected chi connectivity index (χ2v) is 5.28. The fraction of sp³-hybridized carbons (Fsp3) is 0.0714. The molecule has 0 spiro atoms. The Morgan fingerprint density at radius 2 is 2.00 bits per heavy atom. The molecule has 1 N–H and O–H groups in total. The summed E-state index contributed by atoms with van der Waals surface area (Å²) >= 11 is 3.33. The molecule has 0 bridgehead atoms. The first-order valence-electron chi connectivity index (χ1n) is 5.91. The lowest BCUT2D eigenvalue weighted by molar-refractivity contribution is 0.0687. The van der Waals surface area contributed by atoms with Crippen molar-refractivity contribution in [1.29, 1.82) is 0 Å². The molecule has 0 fully saturated rings. The summed E-state index contributed by atoms with van der Waals surface area (Å²) in [5.41, 5.74) is 3.18. The van der Waals surface area contributed by atoms with Gasteiger partial charge in [-0.15, -0.1) is 0 Å². The second kappa shape index (κ2) is 4.72. The summed E-state index contributed by atoms with van der Waals surface area (Å²) in [5, 5.41) is 13.3. The number of nitrogens with zero attached hydrogens (tertiary/aromatic N) is 3. The van der Waals surface area contributed by atoms with Crippen molar-refractivity contribution in [2.75, 3.05) is 0 Å². The lowest BCUT2D eigenvalue weighted by Gasteiger charge is -2.05. The van der Waals surface area contributed by atoms with Crippen molar-refractivity contribution in [1.82, 2.24) is 14.6 Å². The molecule has 0 aliphatic rings. The average Bonchev–Trinajstić information content (AvgIpc) is 2.80. The molecule has 6 heteroatoms. The van der Waals surface area contributed by atoms with Crippen LogP contribution in [0.4, 0.5) is 0 Å². The number of carbonyl (C=O) groups is 1. The van der Waals surface area contributed by atoms with Gasteiger partial charge in [0.15, 0.2) is 11.3 Å². The number of carboxylic acid groups (broad SMARTS) is 1. The molecule has 0 unspecified atom stereocenters. The van der Waals surface area contributed by atoms with Crippen molar-refractivity contribution in [3.63, 3.8) is 0 Å². The molecule has 0 atom stereocenters. The van der Waals surface area contributed by atoms with Gasteiger partial charge in [0, 0.05) is 5.56 Å². The molecule has 0 aliphatic carbocycles. The molecule has 3 rings (SSSR count). The Hall–Kier alpha value is -2.21. The molecule has 0 saturated carbocycles. The molecule has 1 aromatic carbocycles. The molecule has 0 aliphatic heterocycles. The smallest absolute Gasteiger partial charge is 0.354 e. The van der Waals surface area contributed by atoms with Gasteiger partial charge in [0.25, 0.3) is 0 Å². The zero-order valence-corrected chi connectivity index (χ0v) is 12.1. The van der Waals surface area contributed by atoms with Gasteiger partial charge in [-0.05, 0) is 28.9 Å². The molecule has 0 radical (unpaired) electrons. The van der Waals surface area contributed by atoms with Crippen LogP contribution in [-0.2, 0) is 0 Å². The monoisotopic (exact) mass is 331 g/mol.